The van der Waals surface area contributed by atoms with E-state index in [1.165, 1.54) is 0 Å². The molecule has 0 aromatic heterocycles. The van der Waals surface area contributed by atoms with Crippen molar-refractivity contribution in [3.05, 3.63) is 0 Å². The third-order valence-electron chi connectivity index (χ3n) is 5.88. The zero-order valence-corrected chi connectivity index (χ0v) is 15.5. The van der Waals surface area contributed by atoms with Crippen LogP contribution >= 0.6 is 0 Å². The monoisotopic (exact) mass is 322 g/mol. The van der Waals surface area contributed by atoms with Crippen LogP contribution < -0.4 is 5.32 Å². The maximum atomic E-state index is 12.9. The van der Waals surface area contributed by atoms with Crippen molar-refractivity contribution in [2.24, 2.45) is 29.1 Å². The Bertz CT molecular complexity index is 437. The van der Waals surface area contributed by atoms with Gasteiger partial charge in [0, 0.05) is 24.4 Å². The Morgan fingerprint density at radius 2 is 1.61 bits per heavy atom. The fourth-order valence-corrected chi connectivity index (χ4v) is 4.54. The van der Waals surface area contributed by atoms with Crippen molar-refractivity contribution in [2.45, 2.75) is 53.9 Å². The predicted molar refractivity (Wildman–Crippen MR) is 93.1 cm³/mol. The lowest BCUT2D eigenvalue weighted by Crippen LogP contribution is -2.45. The van der Waals surface area contributed by atoms with Gasteiger partial charge in [0.25, 0.3) is 0 Å². The summed E-state index contributed by atoms with van der Waals surface area (Å²) in [4.78, 5) is 27.9. The maximum absolute atomic E-state index is 12.9. The molecule has 0 aromatic rings. The molecule has 1 amide bonds. The Labute approximate surface area is 141 Å². The highest BCUT2D eigenvalue weighted by atomic mass is 16.2. The zero-order valence-electron chi connectivity index (χ0n) is 15.5. The van der Waals surface area contributed by atoms with Gasteiger partial charge in [0.1, 0.15) is 5.78 Å². The van der Waals surface area contributed by atoms with Crippen LogP contribution in [0.4, 0.5) is 0 Å². The van der Waals surface area contributed by atoms with Gasteiger partial charge in [-0.05, 0) is 44.2 Å². The number of hydrogen-bond donors (Lipinski definition) is 1. The molecule has 132 valence electrons. The van der Waals surface area contributed by atoms with E-state index >= 15 is 0 Å². The first-order valence-electron chi connectivity index (χ1n) is 9.34. The van der Waals surface area contributed by atoms with E-state index in [0.717, 1.165) is 38.9 Å². The molecule has 2 aliphatic rings. The topological polar surface area (TPSA) is 49.4 Å². The quantitative estimate of drug-likeness (QED) is 0.784. The maximum Gasteiger partial charge on any atom is 0.224 e. The van der Waals surface area contributed by atoms with Gasteiger partial charge in [0.2, 0.25) is 5.91 Å². The SMILES string of the molecule is CCN(CC)CCNC(=O)C1C2CCC(C2)C1C(=O)C(C)(C)C. The number of Topliss-reactive ketones (excluding diaryl/α,β-unsaturated/α-hetero) is 1. The molecule has 23 heavy (non-hydrogen) atoms. The molecule has 2 aliphatic carbocycles. The normalized spacial score (nSPS) is 30.0. The van der Waals surface area contributed by atoms with Crippen molar-refractivity contribution in [2.75, 3.05) is 26.2 Å². The second-order valence-electron chi connectivity index (χ2n) is 8.32. The molecule has 0 saturated heterocycles. The van der Waals surface area contributed by atoms with Crippen molar-refractivity contribution in [1.82, 2.24) is 10.2 Å². The minimum atomic E-state index is -0.352. The van der Waals surface area contributed by atoms with Gasteiger partial charge in [0.15, 0.2) is 0 Å². The summed E-state index contributed by atoms with van der Waals surface area (Å²) in [6.45, 7) is 13.8. The third-order valence-corrected chi connectivity index (χ3v) is 5.88. The molecular weight excluding hydrogens is 288 g/mol. The zero-order chi connectivity index (χ0) is 17.2. The Morgan fingerprint density at radius 3 is 2.13 bits per heavy atom. The number of rotatable bonds is 7. The Hall–Kier alpha value is -0.900. The van der Waals surface area contributed by atoms with Gasteiger partial charge in [-0.25, -0.2) is 0 Å². The van der Waals surface area contributed by atoms with E-state index in [0.29, 0.717) is 18.4 Å². The summed E-state index contributed by atoms with van der Waals surface area (Å²) in [5.41, 5.74) is -0.352. The number of likely N-dealkylation sites (N-methyl/N-ethyl adjacent to an activating group) is 1. The van der Waals surface area contributed by atoms with E-state index in [4.69, 9.17) is 0 Å². The smallest absolute Gasteiger partial charge is 0.224 e. The first kappa shape index (κ1) is 18.4. The molecule has 2 saturated carbocycles. The average Bonchev–Trinajstić information content (AvgIpc) is 3.10. The lowest BCUT2D eigenvalue weighted by atomic mass is 9.70. The average molecular weight is 322 g/mol. The van der Waals surface area contributed by atoms with E-state index < -0.39 is 0 Å². The number of carbonyl (C=O) groups is 2. The second-order valence-corrected chi connectivity index (χ2v) is 8.32. The van der Waals surface area contributed by atoms with Crippen LogP contribution in [0.3, 0.4) is 0 Å². The lowest BCUT2D eigenvalue weighted by Gasteiger charge is -2.33. The number of ketones is 1. The summed E-state index contributed by atoms with van der Waals surface area (Å²) in [5, 5.41) is 3.11. The number of carbonyl (C=O) groups excluding carboxylic acids is 2. The standard InChI is InChI=1S/C19H34N2O2/c1-6-21(7-2)11-10-20-18(23)16-14-9-8-13(12-14)15(16)17(22)19(3,4)5/h13-16H,6-12H2,1-5H3,(H,20,23). The minimum Gasteiger partial charge on any atom is -0.355 e. The van der Waals surface area contributed by atoms with E-state index in [1.54, 1.807) is 0 Å². The van der Waals surface area contributed by atoms with Crippen molar-refractivity contribution in [3.63, 3.8) is 0 Å². The Morgan fingerprint density at radius 1 is 1.04 bits per heavy atom. The number of amides is 1. The molecule has 0 aromatic carbocycles. The predicted octanol–water partition coefficient (Wildman–Crippen LogP) is 2.72. The van der Waals surface area contributed by atoms with E-state index in [1.807, 2.05) is 20.8 Å². The van der Waals surface area contributed by atoms with Gasteiger partial charge >= 0.3 is 0 Å². The molecule has 0 spiro atoms. The molecule has 4 heteroatoms. The van der Waals surface area contributed by atoms with Gasteiger partial charge in [-0.3, -0.25) is 9.59 Å². The van der Waals surface area contributed by atoms with E-state index in [9.17, 15) is 9.59 Å². The summed E-state index contributed by atoms with van der Waals surface area (Å²) in [6, 6.07) is 0. The van der Waals surface area contributed by atoms with Crippen molar-refractivity contribution < 1.29 is 9.59 Å². The molecule has 4 atom stereocenters. The fourth-order valence-electron chi connectivity index (χ4n) is 4.54. The molecular formula is C19H34N2O2. The van der Waals surface area contributed by atoms with Crippen LogP contribution in [0.2, 0.25) is 0 Å². The van der Waals surface area contributed by atoms with Gasteiger partial charge in [0.05, 0.1) is 5.92 Å². The van der Waals surface area contributed by atoms with E-state index in [2.05, 4.69) is 24.1 Å². The number of nitrogens with zero attached hydrogens (tertiary/aromatic N) is 1. The third kappa shape index (κ3) is 3.96. The van der Waals surface area contributed by atoms with Crippen LogP contribution in [0.5, 0.6) is 0 Å². The van der Waals surface area contributed by atoms with Crippen LogP contribution in [-0.2, 0) is 9.59 Å². The number of hydrogen-bond acceptors (Lipinski definition) is 3. The summed E-state index contributed by atoms with van der Waals surface area (Å²) in [5.74, 6) is 1.12. The Kier molecular flexibility index (Phi) is 5.88. The van der Waals surface area contributed by atoms with Crippen LogP contribution in [0.1, 0.15) is 53.9 Å². The summed E-state index contributed by atoms with van der Waals surface area (Å²) in [7, 11) is 0. The van der Waals surface area contributed by atoms with Gasteiger partial charge in [-0.2, -0.15) is 0 Å². The largest absolute Gasteiger partial charge is 0.355 e. The highest BCUT2D eigenvalue weighted by Crippen LogP contribution is 2.54. The van der Waals surface area contributed by atoms with Gasteiger partial charge in [-0.1, -0.05) is 34.6 Å². The van der Waals surface area contributed by atoms with Gasteiger partial charge in [-0.15, -0.1) is 0 Å². The summed E-state index contributed by atoms with van der Waals surface area (Å²) >= 11 is 0. The molecule has 0 radical (unpaired) electrons. The highest BCUT2D eigenvalue weighted by Gasteiger charge is 2.54. The number of fused-ring (bicyclic) bond motifs is 2. The molecule has 4 unspecified atom stereocenters. The van der Waals surface area contributed by atoms with Crippen molar-refractivity contribution >= 4 is 11.7 Å². The lowest BCUT2D eigenvalue weighted by molar-refractivity contribution is -0.140. The van der Waals surface area contributed by atoms with Crippen LogP contribution in [0.25, 0.3) is 0 Å². The van der Waals surface area contributed by atoms with Crippen LogP contribution in [0, 0.1) is 29.1 Å². The molecule has 0 heterocycles. The molecule has 4 nitrogen and oxygen atoms in total. The fraction of sp³-hybridized carbons (Fsp3) is 0.895. The summed E-state index contributed by atoms with van der Waals surface area (Å²) in [6.07, 6.45) is 3.31. The van der Waals surface area contributed by atoms with Crippen LogP contribution in [-0.4, -0.2) is 42.8 Å². The van der Waals surface area contributed by atoms with Crippen molar-refractivity contribution in [1.29, 1.82) is 0 Å². The molecule has 2 fully saturated rings. The molecule has 0 aliphatic heterocycles. The highest BCUT2D eigenvalue weighted by molar-refractivity contribution is 5.92. The molecule has 2 bridgehead atoms. The molecule has 2 rings (SSSR count). The first-order chi connectivity index (χ1) is 10.8. The second kappa shape index (κ2) is 7.33. The van der Waals surface area contributed by atoms with Crippen LogP contribution in [0.15, 0.2) is 0 Å². The minimum absolute atomic E-state index is 0.0535. The Balaban J connectivity index is 1.98. The van der Waals surface area contributed by atoms with Gasteiger partial charge < -0.3 is 10.2 Å². The van der Waals surface area contributed by atoms with E-state index in [-0.39, 0.29) is 28.9 Å². The molecule has 1 N–H and O–H groups in total. The first-order valence-corrected chi connectivity index (χ1v) is 9.34. The number of nitrogens with one attached hydrogen (secondary N) is 1. The van der Waals surface area contributed by atoms with Crippen molar-refractivity contribution in [3.8, 4) is 0 Å². The summed E-state index contributed by atoms with van der Waals surface area (Å²) < 4.78 is 0.